The second-order valence-electron chi connectivity index (χ2n) is 9.23. The molecule has 2 bridgehead atoms. The number of benzene rings is 3. The zero-order valence-electron chi connectivity index (χ0n) is 17.2. The molecule has 2 N–H and O–H groups in total. The van der Waals surface area contributed by atoms with E-state index >= 15 is 0 Å². The van der Waals surface area contributed by atoms with Gasteiger partial charge in [0.1, 0.15) is 0 Å². The third-order valence-electron chi connectivity index (χ3n) is 7.61. The van der Waals surface area contributed by atoms with Crippen LogP contribution in [0.15, 0.2) is 72.8 Å². The lowest BCUT2D eigenvalue weighted by Crippen LogP contribution is -2.35. The summed E-state index contributed by atoms with van der Waals surface area (Å²) in [5.74, 6) is 2.56. The molecule has 0 radical (unpaired) electrons. The minimum absolute atomic E-state index is 0.0741. The Balaban J connectivity index is 1.34. The molecule has 3 aromatic rings. The highest BCUT2D eigenvalue weighted by Crippen LogP contribution is 2.63. The summed E-state index contributed by atoms with van der Waals surface area (Å²) in [5, 5.41) is 7.51. The minimum Gasteiger partial charge on any atom is -0.378 e. The highest BCUT2D eigenvalue weighted by molar-refractivity contribution is 6.30. The molecule has 0 spiro atoms. The number of fused-ring (bicyclic) bond motifs is 7. The first-order valence-electron chi connectivity index (χ1n) is 11.2. The van der Waals surface area contributed by atoms with Crippen molar-refractivity contribution in [2.24, 2.45) is 17.8 Å². The van der Waals surface area contributed by atoms with Crippen LogP contribution in [-0.2, 0) is 0 Å². The van der Waals surface area contributed by atoms with Crippen LogP contribution in [0.1, 0.15) is 52.7 Å². The average molecular weight is 429 g/mol. The number of anilines is 2. The van der Waals surface area contributed by atoms with Crippen molar-refractivity contribution in [2.45, 2.75) is 31.2 Å². The van der Waals surface area contributed by atoms with Gasteiger partial charge in [0.15, 0.2) is 0 Å². The number of hydrogen-bond donors (Lipinski definition) is 2. The monoisotopic (exact) mass is 428 g/mol. The maximum atomic E-state index is 13.0. The molecular formula is C27H25ClN2O. The lowest BCUT2D eigenvalue weighted by Gasteiger charge is -2.43. The van der Waals surface area contributed by atoms with Crippen LogP contribution in [0.25, 0.3) is 0 Å². The summed E-state index contributed by atoms with van der Waals surface area (Å²) < 4.78 is 0. The van der Waals surface area contributed by atoms with E-state index in [1.54, 1.807) is 12.1 Å². The van der Waals surface area contributed by atoms with E-state index in [0.29, 0.717) is 22.9 Å². The molecule has 31 heavy (non-hydrogen) atoms. The van der Waals surface area contributed by atoms with Crippen molar-refractivity contribution in [3.63, 3.8) is 0 Å². The fourth-order valence-electron chi connectivity index (χ4n) is 6.35. The van der Waals surface area contributed by atoms with Crippen molar-refractivity contribution in [3.05, 3.63) is 94.5 Å². The quantitative estimate of drug-likeness (QED) is 0.477. The number of hydrogen-bond acceptors (Lipinski definition) is 2. The Bertz CT molecular complexity index is 1130. The standard InChI is InChI=1S/C27H25ClN2O/c28-20-9-11-21(12-10-20)29-27(31)19-8-13-23-22(15-19)24-17-6-7-18(14-17)25(24)26(30-23)16-4-2-1-3-5-16/h1-5,8-13,15,17-18,24-26,30H,6-7,14H2,(H,29,31)/t17-,18-,24-,25-,26+/m0/s1. The Hall–Kier alpha value is -2.78. The van der Waals surface area contributed by atoms with E-state index in [-0.39, 0.29) is 5.91 Å². The molecule has 156 valence electrons. The molecule has 3 nitrogen and oxygen atoms in total. The van der Waals surface area contributed by atoms with Gasteiger partial charge >= 0.3 is 0 Å². The largest absolute Gasteiger partial charge is 0.378 e. The molecule has 2 saturated carbocycles. The molecular weight excluding hydrogens is 404 g/mol. The number of halogens is 1. The van der Waals surface area contributed by atoms with Gasteiger partial charge in [-0.25, -0.2) is 0 Å². The molecule has 5 atom stereocenters. The van der Waals surface area contributed by atoms with Crippen molar-refractivity contribution < 1.29 is 4.79 Å². The van der Waals surface area contributed by atoms with Gasteiger partial charge in [-0.05, 0) is 96.5 Å². The summed E-state index contributed by atoms with van der Waals surface area (Å²) >= 11 is 5.96. The third kappa shape index (κ3) is 3.23. The van der Waals surface area contributed by atoms with Crippen molar-refractivity contribution in [3.8, 4) is 0 Å². The molecule has 0 unspecified atom stereocenters. The minimum atomic E-state index is -0.0741. The van der Waals surface area contributed by atoms with Crippen LogP contribution in [-0.4, -0.2) is 5.91 Å². The molecule has 6 rings (SSSR count). The molecule has 0 saturated heterocycles. The smallest absolute Gasteiger partial charge is 0.255 e. The maximum Gasteiger partial charge on any atom is 0.255 e. The van der Waals surface area contributed by atoms with E-state index in [1.165, 1.54) is 36.1 Å². The summed E-state index contributed by atoms with van der Waals surface area (Å²) in [4.78, 5) is 13.0. The maximum absolute atomic E-state index is 13.0. The number of amides is 1. The Morgan fingerprint density at radius 1 is 0.935 bits per heavy atom. The topological polar surface area (TPSA) is 41.1 Å². The fraction of sp³-hybridized carbons (Fsp3) is 0.296. The molecule has 1 amide bonds. The first-order chi connectivity index (χ1) is 15.2. The van der Waals surface area contributed by atoms with Crippen LogP contribution in [0.2, 0.25) is 5.02 Å². The van der Waals surface area contributed by atoms with Gasteiger partial charge in [-0.1, -0.05) is 41.9 Å². The number of carbonyl (C=O) groups excluding carboxylic acids is 1. The van der Waals surface area contributed by atoms with Crippen LogP contribution in [0.4, 0.5) is 11.4 Å². The lowest BCUT2D eigenvalue weighted by atomic mass is 9.68. The van der Waals surface area contributed by atoms with Gasteiger partial charge < -0.3 is 10.6 Å². The molecule has 0 aromatic heterocycles. The molecule has 3 aliphatic rings. The highest BCUT2D eigenvalue weighted by Gasteiger charge is 2.53. The number of rotatable bonds is 3. The Labute approximate surface area is 187 Å². The molecule has 2 fully saturated rings. The van der Waals surface area contributed by atoms with Crippen molar-refractivity contribution >= 4 is 28.9 Å². The van der Waals surface area contributed by atoms with Crippen molar-refractivity contribution in [1.82, 2.24) is 0 Å². The first kappa shape index (κ1) is 18.9. The highest BCUT2D eigenvalue weighted by atomic mass is 35.5. The second-order valence-corrected chi connectivity index (χ2v) is 9.67. The van der Waals surface area contributed by atoms with Crippen molar-refractivity contribution in [1.29, 1.82) is 0 Å². The first-order valence-corrected chi connectivity index (χ1v) is 11.6. The second kappa shape index (κ2) is 7.42. The zero-order valence-corrected chi connectivity index (χ0v) is 18.0. The molecule has 1 aliphatic heterocycles. The van der Waals surface area contributed by atoms with Gasteiger partial charge in [0.25, 0.3) is 5.91 Å². The zero-order chi connectivity index (χ0) is 20.9. The van der Waals surface area contributed by atoms with E-state index in [0.717, 1.165) is 23.1 Å². The van der Waals surface area contributed by atoms with Gasteiger partial charge in [0, 0.05) is 22.0 Å². The molecule has 1 heterocycles. The Kier molecular flexibility index (Phi) is 4.53. The fourth-order valence-corrected chi connectivity index (χ4v) is 6.48. The van der Waals surface area contributed by atoms with E-state index in [4.69, 9.17) is 11.6 Å². The van der Waals surface area contributed by atoms with Gasteiger partial charge in [-0.2, -0.15) is 0 Å². The Morgan fingerprint density at radius 3 is 2.52 bits per heavy atom. The lowest BCUT2D eigenvalue weighted by molar-refractivity contribution is 0.102. The summed E-state index contributed by atoms with van der Waals surface area (Å²) in [6, 6.07) is 24.6. The van der Waals surface area contributed by atoms with E-state index in [1.807, 2.05) is 18.2 Å². The van der Waals surface area contributed by atoms with E-state index < -0.39 is 0 Å². The normalized spacial score (nSPS) is 27.8. The number of nitrogens with one attached hydrogen (secondary N) is 2. The van der Waals surface area contributed by atoms with Crippen LogP contribution in [0.3, 0.4) is 0 Å². The summed E-state index contributed by atoms with van der Waals surface area (Å²) in [5.41, 5.74) is 5.36. The number of carbonyl (C=O) groups is 1. The van der Waals surface area contributed by atoms with Crippen LogP contribution >= 0.6 is 11.6 Å². The predicted octanol–water partition coefficient (Wildman–Crippen LogP) is 6.89. The van der Waals surface area contributed by atoms with Gasteiger partial charge in [-0.15, -0.1) is 0 Å². The van der Waals surface area contributed by atoms with E-state index in [2.05, 4.69) is 53.1 Å². The predicted molar refractivity (Wildman–Crippen MR) is 126 cm³/mol. The Morgan fingerprint density at radius 2 is 1.71 bits per heavy atom. The van der Waals surface area contributed by atoms with Gasteiger partial charge in [0.05, 0.1) is 6.04 Å². The summed E-state index contributed by atoms with van der Waals surface area (Å²) in [7, 11) is 0. The van der Waals surface area contributed by atoms with E-state index in [9.17, 15) is 4.79 Å². The van der Waals surface area contributed by atoms with Gasteiger partial charge in [-0.3, -0.25) is 4.79 Å². The van der Waals surface area contributed by atoms with Crippen LogP contribution < -0.4 is 10.6 Å². The third-order valence-corrected chi connectivity index (χ3v) is 7.86. The summed E-state index contributed by atoms with van der Waals surface area (Å²) in [6.07, 6.45) is 3.97. The molecule has 4 heteroatoms. The molecule has 2 aliphatic carbocycles. The molecule has 3 aromatic carbocycles. The van der Waals surface area contributed by atoms with Gasteiger partial charge in [0.2, 0.25) is 0 Å². The summed E-state index contributed by atoms with van der Waals surface area (Å²) in [6.45, 7) is 0. The van der Waals surface area contributed by atoms with Crippen LogP contribution in [0, 0.1) is 17.8 Å². The SMILES string of the molecule is O=C(Nc1ccc(Cl)cc1)c1ccc2c(c1)[C@@H]1[C@H]3CC[C@@H](C3)[C@@H]1[C@@H](c1ccccc1)N2. The van der Waals surface area contributed by atoms with Crippen LogP contribution in [0.5, 0.6) is 0 Å². The average Bonchev–Trinajstić information content (AvgIpc) is 3.43. The van der Waals surface area contributed by atoms with Crippen molar-refractivity contribution in [2.75, 3.05) is 10.6 Å².